The van der Waals surface area contributed by atoms with Crippen LogP contribution in [0.25, 0.3) is 21.7 Å². The number of carbonyl (C=O) groups excluding carboxylic acids is 1. The number of nitrogens with zero attached hydrogens (tertiary/aromatic N) is 1. The van der Waals surface area contributed by atoms with Crippen LogP contribution in [0.1, 0.15) is 43.1 Å². The molecule has 4 rings (SSSR count). The first-order chi connectivity index (χ1) is 12.5. The molecule has 1 aromatic heterocycles. The number of fused-ring (bicyclic) bond motifs is 2. The molecule has 0 saturated carbocycles. The van der Waals surface area contributed by atoms with E-state index in [2.05, 4.69) is 43.5 Å². The zero-order valence-electron chi connectivity index (χ0n) is 15.5. The van der Waals surface area contributed by atoms with Crippen LogP contribution in [0.3, 0.4) is 0 Å². The number of aromatic nitrogens is 1. The maximum absolute atomic E-state index is 13.3. The molecule has 130 valence electrons. The van der Waals surface area contributed by atoms with E-state index >= 15 is 0 Å². The van der Waals surface area contributed by atoms with Crippen molar-refractivity contribution < 1.29 is 4.79 Å². The van der Waals surface area contributed by atoms with Crippen molar-refractivity contribution in [2.75, 3.05) is 0 Å². The largest absolute Gasteiger partial charge is 0.341 e. The Morgan fingerprint density at radius 2 is 1.62 bits per heavy atom. The highest BCUT2D eigenvalue weighted by Gasteiger charge is 2.24. The van der Waals surface area contributed by atoms with Crippen LogP contribution in [0.15, 0.2) is 72.9 Å². The number of benzene rings is 3. The standard InChI is InChI=1S/C24H23NO/c1-4-24(2,3)25-16-21(20-11-7-8-12-22(20)25)23(26)19-14-13-17-9-5-6-10-18(17)15-19/h5-16H,4H2,1-3H3. The number of hydrogen-bond acceptors (Lipinski definition) is 1. The third kappa shape index (κ3) is 2.62. The fourth-order valence-electron chi connectivity index (χ4n) is 3.52. The summed E-state index contributed by atoms with van der Waals surface area (Å²) >= 11 is 0. The minimum absolute atomic E-state index is 0.0402. The molecule has 0 aliphatic heterocycles. The summed E-state index contributed by atoms with van der Waals surface area (Å²) in [6.07, 6.45) is 3.03. The van der Waals surface area contributed by atoms with E-state index in [9.17, 15) is 4.79 Å². The van der Waals surface area contributed by atoms with Crippen LogP contribution >= 0.6 is 0 Å². The number of hydrogen-bond donors (Lipinski definition) is 0. The van der Waals surface area contributed by atoms with Crippen molar-refractivity contribution in [1.82, 2.24) is 4.57 Å². The molecule has 1 heterocycles. The molecule has 0 unspecified atom stereocenters. The molecule has 0 aliphatic rings. The minimum atomic E-state index is -0.0402. The maximum Gasteiger partial charge on any atom is 0.195 e. The highest BCUT2D eigenvalue weighted by atomic mass is 16.1. The van der Waals surface area contributed by atoms with Crippen LogP contribution in [-0.4, -0.2) is 10.4 Å². The number of para-hydroxylation sites is 1. The Kier molecular flexibility index (Phi) is 3.91. The molecule has 0 N–H and O–H groups in total. The first kappa shape index (κ1) is 16.6. The second kappa shape index (κ2) is 6.14. The predicted octanol–water partition coefficient (Wildman–Crippen LogP) is 6.17. The lowest BCUT2D eigenvalue weighted by Crippen LogP contribution is -2.24. The molecule has 0 atom stereocenters. The van der Waals surface area contributed by atoms with Gasteiger partial charge in [-0.3, -0.25) is 4.79 Å². The highest BCUT2D eigenvalue weighted by Crippen LogP contribution is 2.31. The van der Waals surface area contributed by atoms with Gasteiger partial charge in [-0.05, 0) is 43.2 Å². The van der Waals surface area contributed by atoms with Crippen molar-refractivity contribution in [2.45, 2.75) is 32.7 Å². The highest BCUT2D eigenvalue weighted by molar-refractivity contribution is 6.17. The first-order valence-corrected chi connectivity index (χ1v) is 9.15. The van der Waals surface area contributed by atoms with Crippen molar-refractivity contribution in [3.63, 3.8) is 0 Å². The first-order valence-electron chi connectivity index (χ1n) is 9.15. The lowest BCUT2D eigenvalue weighted by Gasteiger charge is -2.26. The lowest BCUT2D eigenvalue weighted by atomic mass is 9.99. The Morgan fingerprint density at radius 3 is 2.38 bits per heavy atom. The van der Waals surface area contributed by atoms with E-state index in [1.54, 1.807) is 0 Å². The Hall–Kier alpha value is -2.87. The fourth-order valence-corrected chi connectivity index (χ4v) is 3.52. The van der Waals surface area contributed by atoms with Gasteiger partial charge >= 0.3 is 0 Å². The van der Waals surface area contributed by atoms with Crippen molar-refractivity contribution in [2.24, 2.45) is 0 Å². The minimum Gasteiger partial charge on any atom is -0.341 e. The molecule has 0 saturated heterocycles. The maximum atomic E-state index is 13.3. The third-order valence-corrected chi connectivity index (χ3v) is 5.49. The zero-order chi connectivity index (χ0) is 18.3. The van der Waals surface area contributed by atoms with Crippen molar-refractivity contribution >= 4 is 27.5 Å². The van der Waals surface area contributed by atoms with Crippen LogP contribution in [0.4, 0.5) is 0 Å². The van der Waals surface area contributed by atoms with Gasteiger partial charge in [0.2, 0.25) is 0 Å². The second-order valence-corrected chi connectivity index (χ2v) is 7.49. The second-order valence-electron chi connectivity index (χ2n) is 7.49. The summed E-state index contributed by atoms with van der Waals surface area (Å²) in [5.41, 5.74) is 2.59. The predicted molar refractivity (Wildman–Crippen MR) is 109 cm³/mol. The third-order valence-electron chi connectivity index (χ3n) is 5.49. The van der Waals surface area contributed by atoms with Crippen LogP contribution in [0.5, 0.6) is 0 Å². The number of rotatable bonds is 4. The van der Waals surface area contributed by atoms with Gasteiger partial charge in [-0.15, -0.1) is 0 Å². The van der Waals surface area contributed by atoms with E-state index in [-0.39, 0.29) is 11.3 Å². The van der Waals surface area contributed by atoms with Gasteiger partial charge in [-0.25, -0.2) is 0 Å². The van der Waals surface area contributed by atoms with Gasteiger partial charge in [0.1, 0.15) is 0 Å². The van der Waals surface area contributed by atoms with Crippen molar-refractivity contribution in [1.29, 1.82) is 0 Å². The van der Waals surface area contributed by atoms with Crippen LogP contribution in [0, 0.1) is 0 Å². The van der Waals surface area contributed by atoms with Crippen LogP contribution < -0.4 is 0 Å². The van der Waals surface area contributed by atoms with E-state index < -0.39 is 0 Å². The molecule has 0 fully saturated rings. The monoisotopic (exact) mass is 341 g/mol. The number of carbonyl (C=O) groups is 1. The Bertz CT molecular complexity index is 1120. The van der Waals surface area contributed by atoms with E-state index in [1.165, 1.54) is 0 Å². The summed E-state index contributed by atoms with van der Waals surface area (Å²) in [7, 11) is 0. The van der Waals surface area contributed by atoms with Gasteiger partial charge in [-0.2, -0.15) is 0 Å². The summed E-state index contributed by atoms with van der Waals surface area (Å²) in [6.45, 7) is 6.60. The molecule has 2 heteroatoms. The summed E-state index contributed by atoms with van der Waals surface area (Å²) in [4.78, 5) is 13.3. The molecule has 0 spiro atoms. The summed E-state index contributed by atoms with van der Waals surface area (Å²) in [5.74, 6) is 0.0811. The molecule has 0 aliphatic carbocycles. The molecule has 26 heavy (non-hydrogen) atoms. The molecule has 0 radical (unpaired) electrons. The van der Waals surface area contributed by atoms with Gasteiger partial charge in [0.05, 0.1) is 0 Å². The van der Waals surface area contributed by atoms with E-state index in [0.717, 1.165) is 39.2 Å². The fraction of sp³-hybridized carbons (Fsp3) is 0.208. The molecule has 0 amide bonds. The Morgan fingerprint density at radius 1 is 0.923 bits per heavy atom. The summed E-state index contributed by atoms with van der Waals surface area (Å²) in [5, 5.41) is 3.27. The van der Waals surface area contributed by atoms with E-state index in [1.807, 2.05) is 54.7 Å². The van der Waals surface area contributed by atoms with Gasteiger partial charge in [0.15, 0.2) is 5.78 Å². The average molecular weight is 341 g/mol. The average Bonchev–Trinajstić information content (AvgIpc) is 3.07. The SMILES string of the molecule is CCC(C)(C)n1cc(C(=O)c2ccc3ccccc3c2)c2ccccc21. The van der Waals surface area contributed by atoms with Gasteiger partial charge in [0, 0.05) is 33.8 Å². The Labute approximate surface area is 154 Å². The van der Waals surface area contributed by atoms with Gasteiger partial charge in [-0.1, -0.05) is 61.5 Å². The van der Waals surface area contributed by atoms with Crippen LogP contribution in [-0.2, 0) is 5.54 Å². The Balaban J connectivity index is 1.89. The van der Waals surface area contributed by atoms with Crippen molar-refractivity contribution in [3.05, 3.63) is 84.1 Å². The molecule has 3 aromatic carbocycles. The van der Waals surface area contributed by atoms with Crippen molar-refractivity contribution in [3.8, 4) is 0 Å². The van der Waals surface area contributed by atoms with E-state index in [4.69, 9.17) is 0 Å². The normalized spacial score (nSPS) is 12.0. The van der Waals surface area contributed by atoms with Crippen LogP contribution in [0.2, 0.25) is 0 Å². The molecular weight excluding hydrogens is 318 g/mol. The smallest absolute Gasteiger partial charge is 0.195 e. The molecular formula is C24H23NO. The molecule has 0 bridgehead atoms. The van der Waals surface area contributed by atoms with Gasteiger partial charge < -0.3 is 4.57 Å². The lowest BCUT2D eigenvalue weighted by molar-refractivity contribution is 0.104. The summed E-state index contributed by atoms with van der Waals surface area (Å²) in [6, 6.07) is 22.3. The molecule has 2 nitrogen and oxygen atoms in total. The van der Waals surface area contributed by atoms with E-state index in [0.29, 0.717) is 0 Å². The van der Waals surface area contributed by atoms with Gasteiger partial charge in [0.25, 0.3) is 0 Å². The quantitative estimate of drug-likeness (QED) is 0.407. The zero-order valence-corrected chi connectivity index (χ0v) is 15.5. The molecule has 4 aromatic rings. The topological polar surface area (TPSA) is 22.0 Å². The number of ketones is 1. The summed E-state index contributed by atoms with van der Waals surface area (Å²) < 4.78 is 2.25.